The van der Waals surface area contributed by atoms with Crippen molar-refractivity contribution in [1.29, 1.82) is 0 Å². The first-order chi connectivity index (χ1) is 14.6. The lowest BCUT2D eigenvalue weighted by atomic mass is 10.0. The zero-order chi connectivity index (χ0) is 21.1. The van der Waals surface area contributed by atoms with Gasteiger partial charge in [0.15, 0.2) is 5.11 Å². The first kappa shape index (κ1) is 20.4. The Balaban J connectivity index is 1.70. The van der Waals surface area contributed by atoms with Gasteiger partial charge in [0.25, 0.3) is 0 Å². The SMILES string of the molecule is CCOC(=O)CN1C(=S)NC(c2ccccn2)C1c1ccc(-c2ccc(Cl)cc2)o1. The van der Waals surface area contributed by atoms with E-state index in [2.05, 4.69) is 10.3 Å². The Labute approximate surface area is 184 Å². The van der Waals surface area contributed by atoms with Crippen LogP contribution in [0.15, 0.2) is 65.2 Å². The summed E-state index contributed by atoms with van der Waals surface area (Å²) < 4.78 is 11.3. The van der Waals surface area contributed by atoms with Crippen molar-refractivity contribution in [3.8, 4) is 11.3 Å². The first-order valence-electron chi connectivity index (χ1n) is 9.56. The first-order valence-corrected chi connectivity index (χ1v) is 10.3. The van der Waals surface area contributed by atoms with Gasteiger partial charge >= 0.3 is 5.97 Å². The number of rotatable bonds is 6. The second-order valence-corrected chi connectivity index (χ2v) is 7.59. The zero-order valence-corrected chi connectivity index (χ0v) is 17.8. The largest absolute Gasteiger partial charge is 0.465 e. The van der Waals surface area contributed by atoms with E-state index in [4.69, 9.17) is 33.0 Å². The fraction of sp³-hybridized carbons (Fsp3) is 0.227. The van der Waals surface area contributed by atoms with Crippen molar-refractivity contribution in [1.82, 2.24) is 15.2 Å². The Kier molecular flexibility index (Phi) is 6.01. The molecule has 0 radical (unpaired) electrons. The standard InChI is InChI=1S/C22H20ClN3O3S/c1-2-28-19(27)13-26-21(20(25-22(26)30)16-5-3-4-12-24-16)18-11-10-17(29-18)14-6-8-15(23)9-7-14/h3-12,20-21H,2,13H2,1H3,(H,25,30). The number of furan rings is 1. The van der Waals surface area contributed by atoms with Crippen LogP contribution in [0.5, 0.6) is 0 Å². The number of aromatic nitrogens is 1. The summed E-state index contributed by atoms with van der Waals surface area (Å²) >= 11 is 11.5. The third-order valence-electron chi connectivity index (χ3n) is 4.85. The second kappa shape index (κ2) is 8.85. The summed E-state index contributed by atoms with van der Waals surface area (Å²) in [5, 5.41) is 4.39. The van der Waals surface area contributed by atoms with E-state index in [1.54, 1.807) is 18.0 Å². The topological polar surface area (TPSA) is 67.6 Å². The predicted molar refractivity (Wildman–Crippen MR) is 118 cm³/mol. The number of hydrogen-bond acceptors (Lipinski definition) is 5. The fourth-order valence-electron chi connectivity index (χ4n) is 3.51. The summed E-state index contributed by atoms with van der Waals surface area (Å²) in [6.45, 7) is 2.10. The monoisotopic (exact) mass is 441 g/mol. The number of pyridine rings is 1. The van der Waals surface area contributed by atoms with Gasteiger partial charge in [-0.2, -0.15) is 0 Å². The Morgan fingerprint density at radius 3 is 2.73 bits per heavy atom. The highest BCUT2D eigenvalue weighted by Gasteiger charge is 2.42. The molecular formula is C22H20ClN3O3S. The molecule has 0 bridgehead atoms. The lowest BCUT2D eigenvalue weighted by molar-refractivity contribution is -0.143. The van der Waals surface area contributed by atoms with Gasteiger partial charge < -0.3 is 19.4 Å². The molecule has 0 amide bonds. The quantitative estimate of drug-likeness (QED) is 0.445. The Morgan fingerprint density at radius 1 is 1.23 bits per heavy atom. The predicted octanol–water partition coefficient (Wildman–Crippen LogP) is 4.53. The third-order valence-corrected chi connectivity index (χ3v) is 5.45. The number of nitrogens with zero attached hydrogens (tertiary/aromatic N) is 2. The molecule has 8 heteroatoms. The number of carbonyl (C=O) groups excluding carboxylic acids is 1. The Morgan fingerprint density at radius 2 is 2.03 bits per heavy atom. The molecule has 2 aromatic heterocycles. The van der Waals surface area contributed by atoms with Gasteiger partial charge in [-0.15, -0.1) is 0 Å². The maximum Gasteiger partial charge on any atom is 0.325 e. The molecule has 2 unspecified atom stereocenters. The van der Waals surface area contributed by atoms with Crippen LogP contribution in [0.4, 0.5) is 0 Å². The van der Waals surface area contributed by atoms with E-state index in [9.17, 15) is 4.79 Å². The summed E-state index contributed by atoms with van der Waals surface area (Å²) in [4.78, 5) is 18.5. The number of hydrogen-bond donors (Lipinski definition) is 1. The molecule has 3 heterocycles. The fourth-order valence-corrected chi connectivity index (χ4v) is 3.94. The molecule has 1 fully saturated rings. The summed E-state index contributed by atoms with van der Waals surface area (Å²) in [7, 11) is 0. The molecule has 6 nitrogen and oxygen atoms in total. The van der Waals surface area contributed by atoms with Gasteiger partial charge in [-0.05, 0) is 67.7 Å². The molecule has 1 saturated heterocycles. The molecule has 2 atom stereocenters. The van der Waals surface area contributed by atoms with Gasteiger partial charge in [-0.1, -0.05) is 17.7 Å². The van der Waals surface area contributed by atoms with E-state index in [1.807, 2.05) is 54.6 Å². The third kappa shape index (κ3) is 4.17. The molecule has 154 valence electrons. The van der Waals surface area contributed by atoms with Crippen molar-refractivity contribution in [2.24, 2.45) is 0 Å². The van der Waals surface area contributed by atoms with E-state index >= 15 is 0 Å². The van der Waals surface area contributed by atoms with Gasteiger partial charge in [-0.25, -0.2) is 0 Å². The van der Waals surface area contributed by atoms with Crippen molar-refractivity contribution >= 4 is 34.9 Å². The molecule has 4 rings (SSSR count). The summed E-state index contributed by atoms with van der Waals surface area (Å²) in [5.74, 6) is 1.03. The highest BCUT2D eigenvalue weighted by Crippen LogP contribution is 2.40. The van der Waals surface area contributed by atoms with Crippen LogP contribution in [0.3, 0.4) is 0 Å². The van der Waals surface area contributed by atoms with Crippen LogP contribution in [0.25, 0.3) is 11.3 Å². The van der Waals surface area contributed by atoms with Gasteiger partial charge in [-0.3, -0.25) is 9.78 Å². The molecule has 1 aromatic carbocycles. The van der Waals surface area contributed by atoms with Crippen molar-refractivity contribution in [3.63, 3.8) is 0 Å². The van der Waals surface area contributed by atoms with E-state index in [-0.39, 0.29) is 24.6 Å². The summed E-state index contributed by atoms with van der Waals surface area (Å²) in [5.41, 5.74) is 1.71. The van der Waals surface area contributed by atoms with E-state index < -0.39 is 0 Å². The van der Waals surface area contributed by atoms with E-state index in [0.29, 0.717) is 28.3 Å². The van der Waals surface area contributed by atoms with Crippen LogP contribution >= 0.6 is 23.8 Å². The maximum absolute atomic E-state index is 12.2. The smallest absolute Gasteiger partial charge is 0.325 e. The van der Waals surface area contributed by atoms with Crippen LogP contribution in [-0.4, -0.2) is 34.1 Å². The number of benzene rings is 1. The molecule has 1 aliphatic heterocycles. The minimum absolute atomic E-state index is 0.0185. The number of nitrogens with one attached hydrogen (secondary N) is 1. The van der Waals surface area contributed by atoms with Gasteiger partial charge in [0.05, 0.1) is 18.3 Å². The minimum Gasteiger partial charge on any atom is -0.465 e. The lowest BCUT2D eigenvalue weighted by Gasteiger charge is -2.25. The second-order valence-electron chi connectivity index (χ2n) is 6.77. The normalized spacial score (nSPS) is 18.3. The zero-order valence-electron chi connectivity index (χ0n) is 16.2. The molecule has 1 aliphatic rings. The molecule has 0 spiro atoms. The molecule has 0 saturated carbocycles. The van der Waals surface area contributed by atoms with Crippen LogP contribution in [0.1, 0.15) is 30.5 Å². The molecule has 1 N–H and O–H groups in total. The lowest BCUT2D eigenvalue weighted by Crippen LogP contribution is -2.35. The average Bonchev–Trinajstić information content (AvgIpc) is 3.35. The van der Waals surface area contributed by atoms with Crippen molar-refractivity contribution in [2.45, 2.75) is 19.0 Å². The van der Waals surface area contributed by atoms with Crippen LogP contribution in [-0.2, 0) is 9.53 Å². The summed E-state index contributed by atoms with van der Waals surface area (Å²) in [6, 6.07) is 16.3. The van der Waals surface area contributed by atoms with Crippen molar-refractivity contribution in [3.05, 3.63) is 77.3 Å². The van der Waals surface area contributed by atoms with Crippen LogP contribution < -0.4 is 5.32 Å². The van der Waals surface area contributed by atoms with Crippen molar-refractivity contribution < 1.29 is 13.9 Å². The van der Waals surface area contributed by atoms with Crippen molar-refractivity contribution in [2.75, 3.05) is 13.2 Å². The Hall–Kier alpha value is -2.90. The van der Waals surface area contributed by atoms with Gasteiger partial charge in [0.1, 0.15) is 24.1 Å². The molecular weight excluding hydrogens is 422 g/mol. The minimum atomic E-state index is -0.349. The van der Waals surface area contributed by atoms with Gasteiger partial charge in [0, 0.05) is 16.8 Å². The number of thiocarbonyl (C=S) groups is 1. The van der Waals surface area contributed by atoms with E-state index in [0.717, 1.165) is 11.3 Å². The van der Waals surface area contributed by atoms with Crippen LogP contribution in [0, 0.1) is 0 Å². The average molecular weight is 442 g/mol. The maximum atomic E-state index is 12.2. The Bertz CT molecular complexity index is 1040. The van der Waals surface area contributed by atoms with Crippen LogP contribution in [0.2, 0.25) is 5.02 Å². The van der Waals surface area contributed by atoms with Gasteiger partial charge in [0.2, 0.25) is 0 Å². The molecule has 0 aliphatic carbocycles. The highest BCUT2D eigenvalue weighted by atomic mass is 35.5. The highest BCUT2D eigenvalue weighted by molar-refractivity contribution is 7.80. The molecule has 3 aromatic rings. The number of carbonyl (C=O) groups is 1. The number of halogens is 1. The summed E-state index contributed by atoms with van der Waals surface area (Å²) in [6.07, 6.45) is 1.73. The number of esters is 1. The van der Waals surface area contributed by atoms with E-state index in [1.165, 1.54) is 0 Å². The molecule has 30 heavy (non-hydrogen) atoms. The number of ether oxygens (including phenoxy) is 1.